The summed E-state index contributed by atoms with van der Waals surface area (Å²) in [5.41, 5.74) is 2.66. The first-order valence-corrected chi connectivity index (χ1v) is 7.94. The van der Waals surface area contributed by atoms with Crippen LogP contribution in [0, 0.1) is 0 Å². The first-order chi connectivity index (χ1) is 11.0. The maximum absolute atomic E-state index is 12.6. The van der Waals surface area contributed by atoms with Crippen LogP contribution in [-0.2, 0) is 0 Å². The van der Waals surface area contributed by atoms with Crippen LogP contribution in [0.4, 0.5) is 0 Å². The molecule has 0 spiro atoms. The van der Waals surface area contributed by atoms with Crippen LogP contribution in [0.5, 0.6) is 0 Å². The Bertz CT molecular complexity index is 731. The maximum atomic E-state index is 12.6. The number of carbonyl (C=O) groups is 2. The van der Waals surface area contributed by atoms with Gasteiger partial charge in [0.1, 0.15) is 0 Å². The molecule has 0 saturated heterocycles. The van der Waals surface area contributed by atoms with Gasteiger partial charge in [-0.2, -0.15) is 0 Å². The topological polar surface area (TPSA) is 74.8 Å². The van der Waals surface area contributed by atoms with Gasteiger partial charge in [0.15, 0.2) is 11.6 Å². The second kappa shape index (κ2) is 6.08. The number of Topliss-reactive ketones (excluding diaryl/α,β-unsaturated/α-hetero) is 2. The number of H-pyrrole nitrogens is 1. The first kappa shape index (κ1) is 15.6. The van der Waals surface area contributed by atoms with Crippen LogP contribution in [-0.4, -0.2) is 27.6 Å². The molecule has 120 valence electrons. The predicted molar refractivity (Wildman–Crippen MR) is 87.7 cm³/mol. The second-order valence-corrected chi connectivity index (χ2v) is 6.37. The summed E-state index contributed by atoms with van der Waals surface area (Å²) >= 11 is 0. The van der Waals surface area contributed by atoms with E-state index in [1.807, 2.05) is 12.1 Å². The van der Waals surface area contributed by atoms with Gasteiger partial charge < -0.3 is 10.3 Å². The molecule has 2 heterocycles. The number of rotatable bonds is 4. The molecule has 2 aromatic rings. The van der Waals surface area contributed by atoms with Crippen LogP contribution in [0.2, 0.25) is 0 Å². The molecule has 0 aliphatic heterocycles. The van der Waals surface area contributed by atoms with E-state index in [2.05, 4.69) is 36.1 Å². The molecule has 2 N–H and O–H groups in total. The molecule has 2 atom stereocenters. The van der Waals surface area contributed by atoms with Crippen LogP contribution in [0.1, 0.15) is 71.3 Å². The van der Waals surface area contributed by atoms with Crippen LogP contribution in [0.15, 0.2) is 30.6 Å². The second-order valence-electron chi connectivity index (χ2n) is 6.37. The van der Waals surface area contributed by atoms with Crippen molar-refractivity contribution in [3.05, 3.63) is 53.1 Å². The third kappa shape index (κ3) is 2.97. The van der Waals surface area contributed by atoms with Crippen molar-refractivity contribution in [2.24, 2.45) is 0 Å². The van der Waals surface area contributed by atoms with E-state index in [-0.39, 0.29) is 24.0 Å². The molecule has 0 radical (unpaired) electrons. The fourth-order valence-corrected chi connectivity index (χ4v) is 3.11. The van der Waals surface area contributed by atoms with Crippen molar-refractivity contribution in [1.82, 2.24) is 15.3 Å². The third-order valence-electron chi connectivity index (χ3n) is 4.24. The highest BCUT2D eigenvalue weighted by atomic mass is 16.1. The largest absolute Gasteiger partial charge is 0.358 e. The van der Waals surface area contributed by atoms with Crippen molar-refractivity contribution in [3.8, 4) is 0 Å². The summed E-state index contributed by atoms with van der Waals surface area (Å²) in [6.07, 6.45) is 3.57. The number of carbonyl (C=O) groups excluding carboxylic acids is 2. The number of fused-ring (bicyclic) bond motifs is 1. The average Bonchev–Trinajstić information content (AvgIpc) is 3.01. The van der Waals surface area contributed by atoms with Crippen molar-refractivity contribution in [2.45, 2.75) is 45.2 Å². The Labute approximate surface area is 135 Å². The molecule has 0 bridgehead atoms. The molecule has 0 saturated carbocycles. The fraction of sp³-hybridized carbons (Fsp3) is 0.389. The highest BCUT2D eigenvalue weighted by molar-refractivity contribution is 6.15. The van der Waals surface area contributed by atoms with Crippen molar-refractivity contribution in [3.63, 3.8) is 0 Å². The molecule has 1 aliphatic carbocycles. The average molecular weight is 311 g/mol. The smallest absolute Gasteiger partial charge is 0.180 e. The van der Waals surface area contributed by atoms with Crippen LogP contribution in [0.3, 0.4) is 0 Å². The van der Waals surface area contributed by atoms with Crippen LogP contribution < -0.4 is 5.32 Å². The lowest BCUT2D eigenvalue weighted by Gasteiger charge is -2.21. The highest BCUT2D eigenvalue weighted by Gasteiger charge is 2.34. The summed E-state index contributed by atoms with van der Waals surface area (Å²) < 4.78 is 0. The molecule has 23 heavy (non-hydrogen) atoms. The third-order valence-corrected chi connectivity index (χ3v) is 4.24. The van der Waals surface area contributed by atoms with Crippen LogP contribution in [0.25, 0.3) is 0 Å². The van der Waals surface area contributed by atoms with Gasteiger partial charge >= 0.3 is 0 Å². The minimum atomic E-state index is -0.430. The summed E-state index contributed by atoms with van der Waals surface area (Å²) in [5, 5.41) is 3.40. The lowest BCUT2D eigenvalue weighted by atomic mass is 9.81. The molecular formula is C18H21N3O2. The molecular weight excluding hydrogens is 290 g/mol. The zero-order valence-corrected chi connectivity index (χ0v) is 13.6. The first-order valence-electron chi connectivity index (χ1n) is 7.94. The van der Waals surface area contributed by atoms with Gasteiger partial charge in [0.2, 0.25) is 0 Å². The number of nitrogens with one attached hydrogen (secondary N) is 2. The highest BCUT2D eigenvalue weighted by Crippen LogP contribution is 2.32. The Balaban J connectivity index is 1.83. The van der Waals surface area contributed by atoms with Crippen LogP contribution >= 0.6 is 0 Å². The number of pyridine rings is 1. The van der Waals surface area contributed by atoms with Gasteiger partial charge in [-0.05, 0) is 24.6 Å². The van der Waals surface area contributed by atoms with E-state index in [1.54, 1.807) is 18.5 Å². The van der Waals surface area contributed by atoms with Gasteiger partial charge in [-0.15, -0.1) is 0 Å². The molecule has 0 amide bonds. The number of aromatic amines is 1. The van der Waals surface area contributed by atoms with Gasteiger partial charge in [0, 0.05) is 36.5 Å². The monoisotopic (exact) mass is 311 g/mol. The van der Waals surface area contributed by atoms with E-state index in [9.17, 15) is 9.59 Å². The van der Waals surface area contributed by atoms with Gasteiger partial charge in [-0.3, -0.25) is 14.6 Å². The lowest BCUT2D eigenvalue weighted by molar-refractivity contribution is 0.0863. The summed E-state index contributed by atoms with van der Waals surface area (Å²) in [7, 11) is 0. The number of hydrogen-bond donors (Lipinski definition) is 2. The molecule has 2 aromatic heterocycles. The molecule has 2 unspecified atom stereocenters. The van der Waals surface area contributed by atoms with Crippen molar-refractivity contribution >= 4 is 11.6 Å². The number of aromatic nitrogens is 2. The molecule has 5 nitrogen and oxygen atoms in total. The SMILES string of the molecule is CC(C)NC(C)c1ccc(C2CC(=O)c3[nH]ccc3C2=O)cn1. The molecule has 1 aliphatic rings. The quantitative estimate of drug-likeness (QED) is 0.910. The summed E-state index contributed by atoms with van der Waals surface area (Å²) in [5.74, 6) is -0.460. The summed E-state index contributed by atoms with van der Waals surface area (Å²) in [4.78, 5) is 32.1. The Morgan fingerprint density at radius 1 is 1.22 bits per heavy atom. The maximum Gasteiger partial charge on any atom is 0.180 e. The molecule has 3 rings (SSSR count). The van der Waals surface area contributed by atoms with E-state index in [1.165, 1.54) is 0 Å². The normalized spacial score (nSPS) is 19.0. The van der Waals surface area contributed by atoms with Crippen molar-refractivity contribution < 1.29 is 9.59 Å². The fourth-order valence-electron chi connectivity index (χ4n) is 3.11. The Morgan fingerprint density at radius 3 is 2.65 bits per heavy atom. The molecule has 0 aromatic carbocycles. The van der Waals surface area contributed by atoms with E-state index >= 15 is 0 Å². The van der Waals surface area contributed by atoms with E-state index in [0.717, 1.165) is 11.3 Å². The predicted octanol–water partition coefficient (Wildman–Crippen LogP) is 3.02. The van der Waals surface area contributed by atoms with E-state index < -0.39 is 5.92 Å². The Hall–Kier alpha value is -2.27. The van der Waals surface area contributed by atoms with E-state index in [0.29, 0.717) is 17.3 Å². The van der Waals surface area contributed by atoms with Gasteiger partial charge in [-0.25, -0.2) is 0 Å². The van der Waals surface area contributed by atoms with Gasteiger partial charge in [0.05, 0.1) is 17.3 Å². The van der Waals surface area contributed by atoms with E-state index in [4.69, 9.17) is 0 Å². The van der Waals surface area contributed by atoms with Gasteiger partial charge in [0.25, 0.3) is 0 Å². The number of nitrogens with zero attached hydrogens (tertiary/aromatic N) is 1. The Kier molecular flexibility index (Phi) is 4.13. The molecule has 0 fully saturated rings. The zero-order valence-electron chi connectivity index (χ0n) is 13.6. The van der Waals surface area contributed by atoms with Gasteiger partial charge in [-0.1, -0.05) is 19.9 Å². The summed E-state index contributed by atoms with van der Waals surface area (Å²) in [6.45, 7) is 6.24. The Morgan fingerprint density at radius 2 is 2.00 bits per heavy atom. The number of ketones is 2. The summed E-state index contributed by atoms with van der Waals surface area (Å²) in [6, 6.07) is 6.03. The lowest BCUT2D eigenvalue weighted by Crippen LogP contribution is -2.27. The number of hydrogen-bond acceptors (Lipinski definition) is 4. The minimum Gasteiger partial charge on any atom is -0.358 e. The molecule has 5 heteroatoms. The minimum absolute atomic E-state index is 0.0104. The standard InChI is InChI=1S/C18H21N3O2/c1-10(2)21-11(3)15-5-4-12(9-20-15)14-8-16(22)17-13(18(14)23)6-7-19-17/h4-7,9-11,14,19,21H,8H2,1-3H3. The van der Waals surface area contributed by atoms with Crippen molar-refractivity contribution in [1.29, 1.82) is 0 Å². The zero-order chi connectivity index (χ0) is 16.6. The van der Waals surface area contributed by atoms with Crippen molar-refractivity contribution in [2.75, 3.05) is 0 Å².